The summed E-state index contributed by atoms with van der Waals surface area (Å²) >= 11 is 0. The van der Waals surface area contributed by atoms with E-state index in [1.54, 1.807) is 6.07 Å². The topological polar surface area (TPSA) is 66.6 Å². The van der Waals surface area contributed by atoms with Crippen molar-refractivity contribution in [3.63, 3.8) is 0 Å². The number of hydrogen-bond acceptors (Lipinski definition) is 3. The van der Waals surface area contributed by atoms with Crippen LogP contribution in [-0.2, 0) is 6.54 Å². The Balaban J connectivity index is 2.02. The van der Waals surface area contributed by atoms with E-state index >= 15 is 0 Å². The predicted octanol–water partition coefficient (Wildman–Crippen LogP) is 0.742. The van der Waals surface area contributed by atoms with E-state index in [0.29, 0.717) is 12.1 Å². The van der Waals surface area contributed by atoms with Crippen molar-refractivity contribution in [3.05, 3.63) is 35.4 Å². The number of nitrogens with two attached hydrogens (primary N) is 1. The molecule has 1 atom stereocenters. The molecule has 17 heavy (non-hydrogen) atoms. The highest BCUT2D eigenvalue weighted by Crippen LogP contribution is 2.14. The lowest BCUT2D eigenvalue weighted by Crippen LogP contribution is -2.37. The van der Waals surface area contributed by atoms with Crippen molar-refractivity contribution in [2.24, 2.45) is 5.73 Å². The van der Waals surface area contributed by atoms with Crippen molar-refractivity contribution >= 4 is 5.91 Å². The molecule has 0 saturated carbocycles. The van der Waals surface area contributed by atoms with Crippen molar-refractivity contribution in [2.45, 2.75) is 25.5 Å². The van der Waals surface area contributed by atoms with Crippen LogP contribution in [0.5, 0.6) is 0 Å². The third kappa shape index (κ3) is 3.28. The van der Waals surface area contributed by atoms with Crippen molar-refractivity contribution in [3.8, 4) is 0 Å². The number of piperidine rings is 1. The maximum atomic E-state index is 11.1. The van der Waals surface area contributed by atoms with Gasteiger partial charge in [-0.05, 0) is 37.1 Å². The lowest BCUT2D eigenvalue weighted by molar-refractivity contribution is 0.0668. The highest BCUT2D eigenvalue weighted by Gasteiger charge is 2.17. The van der Waals surface area contributed by atoms with Crippen LogP contribution in [0.3, 0.4) is 0 Å². The minimum Gasteiger partial charge on any atom is -0.392 e. The van der Waals surface area contributed by atoms with Gasteiger partial charge in [0.05, 0.1) is 6.10 Å². The first kappa shape index (κ1) is 12.1. The second kappa shape index (κ2) is 5.29. The van der Waals surface area contributed by atoms with Crippen molar-refractivity contribution in [1.29, 1.82) is 0 Å². The van der Waals surface area contributed by atoms with Crippen molar-refractivity contribution in [1.82, 2.24) is 4.90 Å². The Kier molecular flexibility index (Phi) is 3.76. The van der Waals surface area contributed by atoms with Crippen LogP contribution < -0.4 is 5.73 Å². The molecule has 1 saturated heterocycles. The molecule has 0 aromatic heterocycles. The summed E-state index contributed by atoms with van der Waals surface area (Å²) in [6.45, 7) is 2.47. The van der Waals surface area contributed by atoms with Gasteiger partial charge in [0.25, 0.3) is 0 Å². The van der Waals surface area contributed by atoms with Crippen molar-refractivity contribution < 1.29 is 9.90 Å². The summed E-state index contributed by atoms with van der Waals surface area (Å²) in [5, 5.41) is 9.58. The van der Waals surface area contributed by atoms with Gasteiger partial charge >= 0.3 is 0 Å². The highest BCUT2D eigenvalue weighted by molar-refractivity contribution is 5.92. The first-order chi connectivity index (χ1) is 8.15. The first-order valence-corrected chi connectivity index (χ1v) is 5.94. The lowest BCUT2D eigenvalue weighted by Gasteiger charge is -2.30. The van der Waals surface area contributed by atoms with Gasteiger partial charge in [-0.2, -0.15) is 0 Å². The number of carbonyl (C=O) groups excluding carboxylic acids is 1. The zero-order valence-corrected chi connectivity index (χ0v) is 9.80. The molecule has 1 amide bonds. The Morgan fingerprint density at radius 2 is 2.35 bits per heavy atom. The molecule has 1 aliphatic rings. The lowest BCUT2D eigenvalue weighted by atomic mass is 10.1. The van der Waals surface area contributed by atoms with Crippen molar-refractivity contribution in [2.75, 3.05) is 13.1 Å². The summed E-state index contributed by atoms with van der Waals surface area (Å²) in [6.07, 6.45) is 1.69. The third-order valence-electron chi connectivity index (χ3n) is 3.10. The molecule has 0 aliphatic carbocycles. The molecule has 1 aromatic carbocycles. The van der Waals surface area contributed by atoms with Crippen LogP contribution in [0.25, 0.3) is 0 Å². The normalized spacial score (nSPS) is 21.4. The standard InChI is InChI=1S/C13H18N2O2/c14-13(17)11-4-1-3-10(7-11)8-15-6-2-5-12(16)9-15/h1,3-4,7,12,16H,2,5-6,8-9H2,(H2,14,17). The molecule has 1 unspecified atom stereocenters. The van der Waals surface area contributed by atoms with Crippen LogP contribution in [0.1, 0.15) is 28.8 Å². The van der Waals surface area contributed by atoms with Crippen LogP contribution in [0.4, 0.5) is 0 Å². The van der Waals surface area contributed by atoms with Gasteiger partial charge in [0.2, 0.25) is 5.91 Å². The SMILES string of the molecule is NC(=O)c1cccc(CN2CCCC(O)C2)c1. The molecule has 1 heterocycles. The van der Waals surface area contributed by atoms with Gasteiger partial charge in [-0.3, -0.25) is 9.69 Å². The second-order valence-corrected chi connectivity index (χ2v) is 4.60. The quantitative estimate of drug-likeness (QED) is 0.810. The minimum atomic E-state index is -0.398. The minimum absolute atomic E-state index is 0.219. The Labute approximate surface area is 101 Å². The number of carbonyl (C=O) groups is 1. The largest absolute Gasteiger partial charge is 0.392 e. The molecule has 1 aromatic rings. The van der Waals surface area contributed by atoms with Crippen LogP contribution >= 0.6 is 0 Å². The summed E-state index contributed by atoms with van der Waals surface area (Å²) < 4.78 is 0. The number of aliphatic hydroxyl groups is 1. The molecule has 1 aliphatic heterocycles. The Hall–Kier alpha value is -1.39. The molecule has 3 N–H and O–H groups in total. The van der Waals surface area contributed by atoms with Gasteiger partial charge in [-0.1, -0.05) is 12.1 Å². The van der Waals surface area contributed by atoms with Gasteiger partial charge in [-0.25, -0.2) is 0 Å². The molecule has 4 heteroatoms. The fourth-order valence-corrected chi connectivity index (χ4v) is 2.26. The zero-order chi connectivity index (χ0) is 12.3. The number of aliphatic hydroxyl groups excluding tert-OH is 1. The van der Waals surface area contributed by atoms with Gasteiger partial charge in [-0.15, -0.1) is 0 Å². The van der Waals surface area contributed by atoms with Gasteiger partial charge in [0.1, 0.15) is 0 Å². The summed E-state index contributed by atoms with van der Waals surface area (Å²) in [7, 11) is 0. The van der Waals surface area contributed by atoms with Gasteiger partial charge in [0, 0.05) is 18.7 Å². The first-order valence-electron chi connectivity index (χ1n) is 5.94. The highest BCUT2D eigenvalue weighted by atomic mass is 16.3. The van der Waals surface area contributed by atoms with Crippen LogP contribution in [0, 0.1) is 0 Å². The van der Waals surface area contributed by atoms with E-state index in [-0.39, 0.29) is 6.10 Å². The number of nitrogens with zero attached hydrogens (tertiary/aromatic N) is 1. The van der Waals surface area contributed by atoms with E-state index in [4.69, 9.17) is 5.73 Å². The van der Waals surface area contributed by atoms with E-state index in [9.17, 15) is 9.90 Å². The maximum Gasteiger partial charge on any atom is 0.248 e. The predicted molar refractivity (Wildman–Crippen MR) is 65.5 cm³/mol. The third-order valence-corrected chi connectivity index (χ3v) is 3.10. The average Bonchev–Trinajstić information content (AvgIpc) is 2.29. The molecular formula is C13H18N2O2. The Morgan fingerprint density at radius 1 is 1.53 bits per heavy atom. The molecule has 1 fully saturated rings. The summed E-state index contributed by atoms with van der Waals surface area (Å²) in [5.41, 5.74) is 6.85. The van der Waals surface area contributed by atoms with E-state index in [1.807, 2.05) is 18.2 Å². The molecule has 2 rings (SSSR count). The number of likely N-dealkylation sites (tertiary alicyclic amines) is 1. The number of primary amides is 1. The van der Waals surface area contributed by atoms with E-state index in [0.717, 1.165) is 31.5 Å². The van der Waals surface area contributed by atoms with E-state index < -0.39 is 5.91 Å². The van der Waals surface area contributed by atoms with Gasteiger partial charge in [0.15, 0.2) is 0 Å². The molecule has 0 radical (unpaired) electrons. The second-order valence-electron chi connectivity index (χ2n) is 4.60. The van der Waals surface area contributed by atoms with E-state index in [1.165, 1.54) is 0 Å². The Morgan fingerprint density at radius 3 is 3.06 bits per heavy atom. The smallest absolute Gasteiger partial charge is 0.248 e. The summed E-state index contributed by atoms with van der Waals surface area (Å²) in [5.74, 6) is -0.398. The fourth-order valence-electron chi connectivity index (χ4n) is 2.26. The van der Waals surface area contributed by atoms with Crippen LogP contribution in [0.15, 0.2) is 24.3 Å². The summed E-state index contributed by atoms with van der Waals surface area (Å²) in [6, 6.07) is 7.36. The van der Waals surface area contributed by atoms with Gasteiger partial charge < -0.3 is 10.8 Å². The molecule has 4 nitrogen and oxygen atoms in total. The molecule has 0 spiro atoms. The molecular weight excluding hydrogens is 216 g/mol. The maximum absolute atomic E-state index is 11.1. The Bertz CT molecular complexity index is 406. The van der Waals surface area contributed by atoms with Crippen LogP contribution in [0.2, 0.25) is 0 Å². The molecule has 92 valence electrons. The van der Waals surface area contributed by atoms with E-state index in [2.05, 4.69) is 4.90 Å². The number of amides is 1. The number of β-amino-alcohol motifs (C(OH)–C–C–N with tert-alkyl or cyclic N) is 1. The zero-order valence-electron chi connectivity index (χ0n) is 9.80. The number of benzene rings is 1. The van der Waals surface area contributed by atoms with Crippen LogP contribution in [-0.4, -0.2) is 35.1 Å². The number of rotatable bonds is 3. The average molecular weight is 234 g/mol. The monoisotopic (exact) mass is 234 g/mol. The number of hydrogen-bond donors (Lipinski definition) is 2. The summed E-state index contributed by atoms with van der Waals surface area (Å²) in [4.78, 5) is 13.3. The molecule has 0 bridgehead atoms. The fraction of sp³-hybridized carbons (Fsp3) is 0.462.